The predicted molar refractivity (Wildman–Crippen MR) is 123 cm³/mol. The molecule has 0 atom stereocenters. The summed E-state index contributed by atoms with van der Waals surface area (Å²) in [6.07, 6.45) is 0. The van der Waals surface area contributed by atoms with E-state index < -0.39 is 0 Å². The van der Waals surface area contributed by atoms with E-state index in [0.717, 1.165) is 11.5 Å². The number of fused-ring (bicyclic) bond motifs is 5. The van der Waals surface area contributed by atoms with E-state index in [1.807, 2.05) is 17.4 Å². The normalized spacial score (nSPS) is 14.4. The van der Waals surface area contributed by atoms with Crippen LogP contribution in [0.4, 0.5) is 0 Å². The van der Waals surface area contributed by atoms with Crippen LogP contribution in [-0.2, 0) is 5.41 Å². The summed E-state index contributed by atoms with van der Waals surface area (Å²) < 4.78 is 9.02. The third-order valence-electron chi connectivity index (χ3n) is 6.15. The fourth-order valence-corrected chi connectivity index (χ4v) is 5.84. The van der Waals surface area contributed by atoms with Crippen molar-refractivity contribution in [3.8, 4) is 22.6 Å². The monoisotopic (exact) mass is 392 g/mol. The van der Waals surface area contributed by atoms with Crippen LogP contribution in [0.1, 0.15) is 25.0 Å². The lowest BCUT2D eigenvalue weighted by atomic mass is 9.75. The summed E-state index contributed by atoms with van der Waals surface area (Å²) >= 11 is 1.87. The van der Waals surface area contributed by atoms with Crippen molar-refractivity contribution in [3.63, 3.8) is 0 Å². The zero-order chi connectivity index (χ0) is 19.6. The van der Waals surface area contributed by atoms with E-state index >= 15 is 0 Å². The SMILES string of the molecule is CC1(C)c2ccccc2Oc2cc(-c3cccc4c3sc3ccccc34)ccc21. The molecule has 2 heterocycles. The number of rotatable bonds is 1. The zero-order valence-corrected chi connectivity index (χ0v) is 17.2. The summed E-state index contributed by atoms with van der Waals surface area (Å²) in [5.41, 5.74) is 4.88. The second-order valence-electron chi connectivity index (χ2n) is 8.21. The molecule has 140 valence electrons. The Labute approximate surface area is 174 Å². The van der Waals surface area contributed by atoms with E-state index in [2.05, 4.69) is 92.7 Å². The average Bonchev–Trinajstić information content (AvgIpc) is 3.12. The molecular weight excluding hydrogens is 372 g/mol. The first-order chi connectivity index (χ1) is 14.1. The largest absolute Gasteiger partial charge is 0.457 e. The number of thiophene rings is 1. The molecule has 0 N–H and O–H groups in total. The van der Waals surface area contributed by atoms with E-state index in [1.165, 1.54) is 42.4 Å². The Kier molecular flexibility index (Phi) is 3.45. The number of hydrogen-bond donors (Lipinski definition) is 0. The van der Waals surface area contributed by atoms with Gasteiger partial charge in [-0.2, -0.15) is 0 Å². The number of benzene rings is 4. The lowest BCUT2D eigenvalue weighted by Gasteiger charge is -2.34. The maximum Gasteiger partial charge on any atom is 0.132 e. The van der Waals surface area contributed by atoms with Crippen molar-refractivity contribution in [2.45, 2.75) is 19.3 Å². The van der Waals surface area contributed by atoms with Crippen molar-refractivity contribution in [2.75, 3.05) is 0 Å². The Morgan fingerprint density at radius 1 is 0.690 bits per heavy atom. The van der Waals surface area contributed by atoms with Crippen molar-refractivity contribution in [3.05, 3.63) is 96.1 Å². The molecule has 0 unspecified atom stereocenters. The molecule has 1 aromatic heterocycles. The highest BCUT2D eigenvalue weighted by atomic mass is 32.1. The van der Waals surface area contributed by atoms with Gasteiger partial charge >= 0.3 is 0 Å². The summed E-state index contributed by atoms with van der Waals surface area (Å²) in [5.74, 6) is 1.92. The third kappa shape index (κ3) is 2.39. The van der Waals surface area contributed by atoms with E-state index in [0.29, 0.717) is 0 Å². The summed E-state index contributed by atoms with van der Waals surface area (Å²) in [7, 11) is 0. The van der Waals surface area contributed by atoms with Crippen LogP contribution in [0.5, 0.6) is 11.5 Å². The van der Waals surface area contributed by atoms with Gasteiger partial charge < -0.3 is 4.74 Å². The molecular formula is C27H20OS. The lowest BCUT2D eigenvalue weighted by molar-refractivity contribution is 0.418. The van der Waals surface area contributed by atoms with E-state index in [9.17, 15) is 0 Å². The molecule has 0 saturated heterocycles. The molecule has 0 spiro atoms. The van der Waals surface area contributed by atoms with Gasteiger partial charge in [0.1, 0.15) is 11.5 Å². The van der Waals surface area contributed by atoms with Crippen LogP contribution in [0.3, 0.4) is 0 Å². The number of hydrogen-bond acceptors (Lipinski definition) is 2. The van der Waals surface area contributed by atoms with Crippen molar-refractivity contribution >= 4 is 31.5 Å². The summed E-state index contributed by atoms with van der Waals surface area (Å²) in [6.45, 7) is 4.55. The van der Waals surface area contributed by atoms with Crippen LogP contribution in [0.25, 0.3) is 31.3 Å². The summed E-state index contributed by atoms with van der Waals surface area (Å²) in [4.78, 5) is 0. The van der Waals surface area contributed by atoms with Crippen LogP contribution >= 0.6 is 11.3 Å². The first kappa shape index (κ1) is 16.8. The van der Waals surface area contributed by atoms with Gasteiger partial charge in [-0.15, -0.1) is 11.3 Å². The molecule has 0 aliphatic carbocycles. The standard InChI is InChI=1S/C27H20OS/c1-27(2)21-11-4-5-12-23(21)28-24-16-17(14-15-22(24)27)18-9-7-10-20-19-8-3-6-13-25(19)29-26(18)20/h3-16H,1-2H3. The third-order valence-corrected chi connectivity index (χ3v) is 7.37. The Hall–Kier alpha value is -3.10. The molecule has 6 rings (SSSR count). The smallest absolute Gasteiger partial charge is 0.132 e. The molecule has 0 radical (unpaired) electrons. The minimum absolute atomic E-state index is 0.0771. The molecule has 5 aromatic rings. The van der Waals surface area contributed by atoms with Crippen LogP contribution in [-0.4, -0.2) is 0 Å². The molecule has 0 saturated carbocycles. The minimum Gasteiger partial charge on any atom is -0.457 e. The molecule has 1 aliphatic rings. The van der Waals surface area contributed by atoms with Gasteiger partial charge in [0.2, 0.25) is 0 Å². The molecule has 1 nitrogen and oxygen atoms in total. The van der Waals surface area contributed by atoms with Gasteiger partial charge in [-0.05, 0) is 29.3 Å². The number of ether oxygens (including phenoxy) is 1. The van der Waals surface area contributed by atoms with Gasteiger partial charge in [0.05, 0.1) is 0 Å². The highest BCUT2D eigenvalue weighted by molar-refractivity contribution is 7.26. The van der Waals surface area contributed by atoms with E-state index in [1.54, 1.807) is 0 Å². The number of para-hydroxylation sites is 1. The van der Waals surface area contributed by atoms with E-state index in [4.69, 9.17) is 4.74 Å². The van der Waals surface area contributed by atoms with Gasteiger partial charge in [-0.25, -0.2) is 0 Å². The predicted octanol–water partition coefficient (Wildman–Crippen LogP) is 8.15. The maximum atomic E-state index is 6.35. The molecule has 1 aliphatic heterocycles. The molecule has 29 heavy (non-hydrogen) atoms. The van der Waals surface area contributed by atoms with Gasteiger partial charge in [-0.3, -0.25) is 0 Å². The molecule has 0 fully saturated rings. The van der Waals surface area contributed by atoms with Crippen molar-refractivity contribution in [1.29, 1.82) is 0 Å². The highest BCUT2D eigenvalue weighted by Crippen LogP contribution is 2.49. The van der Waals surface area contributed by atoms with Crippen LogP contribution in [0.15, 0.2) is 84.9 Å². The maximum absolute atomic E-state index is 6.35. The minimum atomic E-state index is -0.0771. The van der Waals surface area contributed by atoms with Crippen LogP contribution < -0.4 is 4.74 Å². The zero-order valence-electron chi connectivity index (χ0n) is 16.4. The van der Waals surface area contributed by atoms with E-state index in [-0.39, 0.29) is 5.41 Å². The Morgan fingerprint density at radius 3 is 2.38 bits per heavy atom. The van der Waals surface area contributed by atoms with Gasteiger partial charge in [0, 0.05) is 36.7 Å². The second-order valence-corrected chi connectivity index (χ2v) is 9.27. The van der Waals surface area contributed by atoms with Crippen molar-refractivity contribution in [1.82, 2.24) is 0 Å². The first-order valence-electron chi connectivity index (χ1n) is 9.95. The van der Waals surface area contributed by atoms with Crippen LogP contribution in [0.2, 0.25) is 0 Å². The highest BCUT2D eigenvalue weighted by Gasteiger charge is 2.34. The summed E-state index contributed by atoms with van der Waals surface area (Å²) in [5, 5.41) is 2.66. The van der Waals surface area contributed by atoms with Crippen molar-refractivity contribution in [2.24, 2.45) is 0 Å². The Bertz CT molecular complexity index is 1410. The second kappa shape index (κ2) is 5.95. The lowest BCUT2D eigenvalue weighted by Crippen LogP contribution is -2.24. The summed E-state index contributed by atoms with van der Waals surface area (Å²) in [6, 6.07) is 30.3. The fraction of sp³-hybridized carbons (Fsp3) is 0.111. The molecule has 0 amide bonds. The quantitative estimate of drug-likeness (QED) is 0.280. The Morgan fingerprint density at radius 2 is 1.45 bits per heavy atom. The van der Waals surface area contributed by atoms with Gasteiger partial charge in [-0.1, -0.05) is 80.6 Å². The van der Waals surface area contributed by atoms with Crippen LogP contribution in [0, 0.1) is 0 Å². The van der Waals surface area contributed by atoms with Gasteiger partial charge in [0.15, 0.2) is 0 Å². The molecule has 2 heteroatoms. The topological polar surface area (TPSA) is 9.23 Å². The fourth-order valence-electron chi connectivity index (χ4n) is 4.60. The average molecular weight is 393 g/mol. The van der Waals surface area contributed by atoms with Crippen molar-refractivity contribution < 1.29 is 4.74 Å². The first-order valence-corrected chi connectivity index (χ1v) is 10.8. The molecule has 4 aromatic carbocycles. The Balaban J connectivity index is 1.56. The molecule has 0 bridgehead atoms. The van der Waals surface area contributed by atoms with Gasteiger partial charge in [0.25, 0.3) is 0 Å².